The topological polar surface area (TPSA) is 47.8 Å². The fourth-order valence-electron chi connectivity index (χ4n) is 1.29. The molecule has 0 saturated carbocycles. The number of aromatic nitrogens is 3. The number of aryl methyl sites for hydroxylation is 1. The number of imidazole rings is 1. The first kappa shape index (κ1) is 8.62. The van der Waals surface area contributed by atoms with Gasteiger partial charge in [0.2, 0.25) is 0 Å². The summed E-state index contributed by atoms with van der Waals surface area (Å²) in [6.07, 6.45) is 7.55. The highest BCUT2D eigenvalue weighted by molar-refractivity contribution is 5.75. The Kier molecular flexibility index (Phi) is 2.10. The Labute approximate surface area is 81.2 Å². The lowest BCUT2D eigenvalue weighted by atomic mass is 10.3. The maximum atomic E-state index is 10.5. The van der Waals surface area contributed by atoms with Gasteiger partial charge in [-0.1, -0.05) is 0 Å². The van der Waals surface area contributed by atoms with Gasteiger partial charge in [-0.05, 0) is 13.0 Å². The molecule has 0 fully saturated rings. The van der Waals surface area contributed by atoms with Gasteiger partial charge in [0.1, 0.15) is 5.82 Å². The minimum Gasteiger partial charge on any atom is -0.302 e. The molecule has 0 amide bonds. The Morgan fingerprint density at radius 1 is 1.43 bits per heavy atom. The molecule has 2 aromatic rings. The molecule has 4 heteroatoms. The van der Waals surface area contributed by atoms with E-state index in [2.05, 4.69) is 9.97 Å². The van der Waals surface area contributed by atoms with E-state index in [1.165, 1.54) is 6.20 Å². The van der Waals surface area contributed by atoms with Crippen LogP contribution in [0.3, 0.4) is 0 Å². The van der Waals surface area contributed by atoms with Crippen LogP contribution < -0.4 is 0 Å². The summed E-state index contributed by atoms with van der Waals surface area (Å²) in [6.45, 7) is 1.90. The molecular formula is C10H9N3O. The normalized spacial score (nSPS) is 10.1. The van der Waals surface area contributed by atoms with Crippen LogP contribution >= 0.6 is 0 Å². The molecule has 2 heterocycles. The van der Waals surface area contributed by atoms with Crippen molar-refractivity contribution in [3.63, 3.8) is 0 Å². The first-order valence-electron chi connectivity index (χ1n) is 4.22. The van der Waals surface area contributed by atoms with Crippen LogP contribution in [0.15, 0.2) is 30.9 Å². The van der Waals surface area contributed by atoms with Crippen molar-refractivity contribution in [1.29, 1.82) is 0 Å². The largest absolute Gasteiger partial charge is 0.302 e. The Morgan fingerprint density at radius 3 is 2.93 bits per heavy atom. The van der Waals surface area contributed by atoms with Gasteiger partial charge >= 0.3 is 0 Å². The van der Waals surface area contributed by atoms with Crippen molar-refractivity contribution in [1.82, 2.24) is 14.5 Å². The fraction of sp³-hybridized carbons (Fsp3) is 0.100. The second-order valence-electron chi connectivity index (χ2n) is 2.94. The maximum absolute atomic E-state index is 10.5. The number of rotatable bonds is 2. The van der Waals surface area contributed by atoms with Crippen LogP contribution in [0.4, 0.5) is 0 Å². The van der Waals surface area contributed by atoms with Crippen LogP contribution in [0.2, 0.25) is 0 Å². The number of aldehydes is 1. The van der Waals surface area contributed by atoms with Gasteiger partial charge in [-0.25, -0.2) is 4.98 Å². The highest BCUT2D eigenvalue weighted by Gasteiger charge is 2.01. The molecule has 0 unspecified atom stereocenters. The summed E-state index contributed by atoms with van der Waals surface area (Å²) >= 11 is 0. The SMILES string of the molecule is Cc1nccn1-c1cncc(C=O)c1. The third-order valence-electron chi connectivity index (χ3n) is 1.98. The predicted molar refractivity (Wildman–Crippen MR) is 51.5 cm³/mol. The Hall–Kier alpha value is -1.97. The summed E-state index contributed by atoms with van der Waals surface area (Å²) in [5, 5.41) is 0. The van der Waals surface area contributed by atoms with E-state index < -0.39 is 0 Å². The molecule has 0 aliphatic rings. The lowest BCUT2D eigenvalue weighted by molar-refractivity contribution is 0.112. The van der Waals surface area contributed by atoms with Crippen LogP contribution in [0, 0.1) is 6.92 Å². The zero-order chi connectivity index (χ0) is 9.97. The van der Waals surface area contributed by atoms with Gasteiger partial charge in [0.15, 0.2) is 6.29 Å². The van der Waals surface area contributed by atoms with Crippen LogP contribution in [0.1, 0.15) is 16.2 Å². The number of carbonyl (C=O) groups is 1. The molecule has 14 heavy (non-hydrogen) atoms. The van der Waals surface area contributed by atoms with Crippen molar-refractivity contribution in [2.45, 2.75) is 6.92 Å². The molecule has 0 aliphatic heterocycles. The summed E-state index contributed by atoms with van der Waals surface area (Å²) in [5.41, 5.74) is 1.42. The van der Waals surface area contributed by atoms with Crippen LogP contribution in [0.5, 0.6) is 0 Å². The molecule has 0 saturated heterocycles. The number of hydrogen-bond donors (Lipinski definition) is 0. The van der Waals surface area contributed by atoms with Crippen LogP contribution in [-0.2, 0) is 0 Å². The number of pyridine rings is 1. The summed E-state index contributed by atoms with van der Waals surface area (Å²) in [4.78, 5) is 18.6. The van der Waals surface area contributed by atoms with E-state index >= 15 is 0 Å². The predicted octanol–water partition coefficient (Wildman–Crippen LogP) is 1.39. The minimum absolute atomic E-state index is 0.565. The Bertz CT molecular complexity index is 462. The molecule has 2 aromatic heterocycles. The fourth-order valence-corrected chi connectivity index (χ4v) is 1.29. The molecular weight excluding hydrogens is 178 g/mol. The maximum Gasteiger partial charge on any atom is 0.151 e. The van der Waals surface area contributed by atoms with Gasteiger partial charge < -0.3 is 4.57 Å². The van der Waals surface area contributed by atoms with E-state index in [1.807, 2.05) is 17.7 Å². The average Bonchev–Trinajstić information content (AvgIpc) is 2.65. The second kappa shape index (κ2) is 3.41. The molecule has 0 N–H and O–H groups in total. The number of hydrogen-bond acceptors (Lipinski definition) is 3. The van der Waals surface area contributed by atoms with Gasteiger partial charge in [-0.15, -0.1) is 0 Å². The zero-order valence-corrected chi connectivity index (χ0v) is 7.71. The van der Waals surface area contributed by atoms with Crippen molar-refractivity contribution in [3.8, 4) is 5.69 Å². The van der Waals surface area contributed by atoms with Gasteiger partial charge in [-0.3, -0.25) is 9.78 Å². The summed E-state index contributed by atoms with van der Waals surface area (Å²) in [6, 6.07) is 1.77. The third-order valence-corrected chi connectivity index (χ3v) is 1.98. The average molecular weight is 187 g/mol. The van der Waals surface area contributed by atoms with Crippen LogP contribution in [-0.4, -0.2) is 20.8 Å². The minimum atomic E-state index is 0.565. The Morgan fingerprint density at radius 2 is 2.29 bits per heavy atom. The first-order valence-corrected chi connectivity index (χ1v) is 4.22. The summed E-state index contributed by atoms with van der Waals surface area (Å²) in [5.74, 6) is 0.870. The van der Waals surface area contributed by atoms with Crippen molar-refractivity contribution >= 4 is 6.29 Å². The highest BCUT2D eigenvalue weighted by Crippen LogP contribution is 2.09. The zero-order valence-electron chi connectivity index (χ0n) is 7.71. The van der Waals surface area contributed by atoms with Crippen molar-refractivity contribution in [3.05, 3.63) is 42.2 Å². The van der Waals surface area contributed by atoms with Crippen molar-refractivity contribution in [2.24, 2.45) is 0 Å². The quantitative estimate of drug-likeness (QED) is 0.667. The molecule has 4 nitrogen and oxygen atoms in total. The monoisotopic (exact) mass is 187 g/mol. The highest BCUT2D eigenvalue weighted by atomic mass is 16.1. The molecule has 0 bridgehead atoms. The standard InChI is InChI=1S/C10H9N3O/c1-8-12-2-3-13(8)10-4-9(7-14)5-11-6-10/h2-7H,1H3. The number of nitrogens with zero attached hydrogens (tertiary/aromatic N) is 3. The van der Waals surface area contributed by atoms with E-state index in [9.17, 15) is 4.79 Å². The van der Waals surface area contributed by atoms with E-state index in [4.69, 9.17) is 0 Å². The lowest BCUT2D eigenvalue weighted by Gasteiger charge is -2.03. The van der Waals surface area contributed by atoms with E-state index in [0.717, 1.165) is 17.8 Å². The first-order chi connectivity index (χ1) is 6.81. The smallest absolute Gasteiger partial charge is 0.151 e. The number of carbonyl (C=O) groups excluding carboxylic acids is 1. The van der Waals surface area contributed by atoms with Crippen molar-refractivity contribution < 1.29 is 4.79 Å². The summed E-state index contributed by atoms with van der Waals surface area (Å²) in [7, 11) is 0. The molecule has 70 valence electrons. The van der Waals surface area contributed by atoms with E-state index in [0.29, 0.717) is 5.56 Å². The van der Waals surface area contributed by atoms with Gasteiger partial charge in [0.05, 0.1) is 11.9 Å². The summed E-state index contributed by atoms with van der Waals surface area (Å²) < 4.78 is 1.88. The van der Waals surface area contributed by atoms with E-state index in [-0.39, 0.29) is 0 Å². The van der Waals surface area contributed by atoms with Gasteiger partial charge in [0, 0.05) is 24.2 Å². The Balaban J connectivity index is 2.52. The molecule has 0 radical (unpaired) electrons. The van der Waals surface area contributed by atoms with Gasteiger partial charge in [0.25, 0.3) is 0 Å². The van der Waals surface area contributed by atoms with Gasteiger partial charge in [-0.2, -0.15) is 0 Å². The lowest BCUT2D eigenvalue weighted by Crippen LogP contribution is -1.97. The molecule has 0 aromatic carbocycles. The van der Waals surface area contributed by atoms with Crippen molar-refractivity contribution in [2.75, 3.05) is 0 Å². The molecule has 0 aliphatic carbocycles. The van der Waals surface area contributed by atoms with Crippen LogP contribution in [0.25, 0.3) is 5.69 Å². The molecule has 0 spiro atoms. The third kappa shape index (κ3) is 1.42. The van der Waals surface area contributed by atoms with E-state index in [1.54, 1.807) is 18.5 Å². The molecule has 2 rings (SSSR count). The second-order valence-corrected chi connectivity index (χ2v) is 2.94. The molecule has 0 atom stereocenters.